The summed E-state index contributed by atoms with van der Waals surface area (Å²) in [7, 11) is 0. The van der Waals surface area contributed by atoms with Gasteiger partial charge in [-0.05, 0) is 19.1 Å². The van der Waals surface area contributed by atoms with Gasteiger partial charge in [-0.25, -0.2) is 9.97 Å². The number of amides is 1. The minimum Gasteiger partial charge on any atom is -0.396 e. The Morgan fingerprint density at radius 1 is 1.35 bits per heavy atom. The molecule has 20 heavy (non-hydrogen) atoms. The largest absolute Gasteiger partial charge is 0.396 e. The Kier molecular flexibility index (Phi) is 3.93. The highest BCUT2D eigenvalue weighted by Gasteiger charge is 2.15. The fourth-order valence-corrected chi connectivity index (χ4v) is 1.66. The molecule has 0 saturated carbocycles. The van der Waals surface area contributed by atoms with Gasteiger partial charge in [0.2, 0.25) is 0 Å². The van der Waals surface area contributed by atoms with Crippen molar-refractivity contribution in [1.82, 2.24) is 15.0 Å². The molecule has 0 aliphatic rings. The van der Waals surface area contributed by atoms with Crippen LogP contribution >= 0.6 is 0 Å². The van der Waals surface area contributed by atoms with Gasteiger partial charge in [-0.15, -0.1) is 0 Å². The van der Waals surface area contributed by atoms with Gasteiger partial charge in [-0.1, -0.05) is 13.8 Å². The maximum absolute atomic E-state index is 12.3. The molecule has 0 spiro atoms. The molecule has 0 fully saturated rings. The Labute approximate surface area is 117 Å². The SMILES string of the molecule is Cc1ncccc1NC(=O)c1nc(C(C)C)ncc1N. The molecule has 104 valence electrons. The van der Waals surface area contributed by atoms with Gasteiger partial charge in [-0.2, -0.15) is 0 Å². The lowest BCUT2D eigenvalue weighted by Gasteiger charge is -2.10. The van der Waals surface area contributed by atoms with Gasteiger partial charge >= 0.3 is 0 Å². The summed E-state index contributed by atoms with van der Waals surface area (Å²) in [6.07, 6.45) is 3.13. The summed E-state index contributed by atoms with van der Waals surface area (Å²) in [6, 6.07) is 3.53. The van der Waals surface area contributed by atoms with Crippen molar-refractivity contribution in [1.29, 1.82) is 0 Å². The molecule has 0 unspecified atom stereocenters. The summed E-state index contributed by atoms with van der Waals surface area (Å²) in [5, 5.41) is 2.76. The molecule has 3 N–H and O–H groups in total. The standard InChI is InChI=1S/C14H17N5O/c1-8(2)13-17-7-10(15)12(19-13)14(20)18-11-5-4-6-16-9(11)3/h4-8H,15H2,1-3H3,(H,18,20). The van der Waals surface area contributed by atoms with Crippen molar-refractivity contribution in [2.45, 2.75) is 26.7 Å². The lowest BCUT2D eigenvalue weighted by Crippen LogP contribution is -2.18. The molecular formula is C14H17N5O. The van der Waals surface area contributed by atoms with Crippen molar-refractivity contribution < 1.29 is 4.79 Å². The third-order valence-corrected chi connectivity index (χ3v) is 2.82. The van der Waals surface area contributed by atoms with E-state index in [0.29, 0.717) is 11.5 Å². The summed E-state index contributed by atoms with van der Waals surface area (Å²) in [6.45, 7) is 5.73. The van der Waals surface area contributed by atoms with E-state index in [2.05, 4.69) is 20.3 Å². The Morgan fingerprint density at radius 3 is 2.75 bits per heavy atom. The number of pyridine rings is 1. The Hall–Kier alpha value is -2.50. The van der Waals surface area contributed by atoms with Gasteiger partial charge in [0.15, 0.2) is 5.69 Å². The van der Waals surface area contributed by atoms with Crippen LogP contribution in [0.4, 0.5) is 11.4 Å². The molecule has 2 heterocycles. The van der Waals surface area contributed by atoms with E-state index in [1.54, 1.807) is 18.3 Å². The quantitative estimate of drug-likeness (QED) is 0.892. The highest BCUT2D eigenvalue weighted by atomic mass is 16.1. The van der Waals surface area contributed by atoms with E-state index in [1.807, 2.05) is 20.8 Å². The lowest BCUT2D eigenvalue weighted by molar-refractivity contribution is 0.102. The highest BCUT2D eigenvalue weighted by Crippen LogP contribution is 2.16. The topological polar surface area (TPSA) is 93.8 Å². The predicted molar refractivity (Wildman–Crippen MR) is 77.5 cm³/mol. The molecule has 0 aromatic carbocycles. The highest BCUT2D eigenvalue weighted by molar-refractivity contribution is 6.06. The smallest absolute Gasteiger partial charge is 0.276 e. The minimum absolute atomic E-state index is 0.127. The second-order valence-electron chi connectivity index (χ2n) is 4.78. The Balaban J connectivity index is 2.30. The van der Waals surface area contributed by atoms with Crippen LogP contribution < -0.4 is 11.1 Å². The number of carbonyl (C=O) groups excluding carboxylic acids is 1. The lowest BCUT2D eigenvalue weighted by atomic mass is 10.2. The zero-order chi connectivity index (χ0) is 14.7. The van der Waals surface area contributed by atoms with Crippen molar-refractivity contribution in [3.05, 3.63) is 41.7 Å². The summed E-state index contributed by atoms with van der Waals surface area (Å²) < 4.78 is 0. The molecule has 6 nitrogen and oxygen atoms in total. The fraction of sp³-hybridized carbons (Fsp3) is 0.286. The van der Waals surface area contributed by atoms with Gasteiger partial charge in [0.05, 0.1) is 23.3 Å². The second-order valence-corrected chi connectivity index (χ2v) is 4.78. The number of hydrogen-bond acceptors (Lipinski definition) is 5. The number of anilines is 2. The molecule has 0 radical (unpaired) electrons. The molecule has 6 heteroatoms. The van der Waals surface area contributed by atoms with Gasteiger partial charge in [-0.3, -0.25) is 9.78 Å². The number of hydrogen-bond donors (Lipinski definition) is 2. The van der Waals surface area contributed by atoms with E-state index < -0.39 is 0 Å². The molecule has 0 aliphatic heterocycles. The molecule has 0 atom stereocenters. The van der Waals surface area contributed by atoms with Crippen LogP contribution in [0.5, 0.6) is 0 Å². The zero-order valence-electron chi connectivity index (χ0n) is 11.7. The number of aromatic nitrogens is 3. The molecule has 0 bridgehead atoms. The number of nitrogens with one attached hydrogen (secondary N) is 1. The van der Waals surface area contributed by atoms with Crippen molar-refractivity contribution in [3.8, 4) is 0 Å². The van der Waals surface area contributed by atoms with Crippen LogP contribution in [0.3, 0.4) is 0 Å². The van der Waals surface area contributed by atoms with E-state index in [1.165, 1.54) is 6.20 Å². The van der Waals surface area contributed by atoms with E-state index in [4.69, 9.17) is 5.73 Å². The van der Waals surface area contributed by atoms with Gasteiger partial charge in [0.1, 0.15) is 5.82 Å². The molecule has 0 aliphatic carbocycles. The molecule has 2 rings (SSSR count). The number of carbonyl (C=O) groups is 1. The average molecular weight is 271 g/mol. The van der Waals surface area contributed by atoms with Gasteiger partial charge < -0.3 is 11.1 Å². The molecule has 0 saturated heterocycles. The van der Waals surface area contributed by atoms with Crippen LogP contribution in [0.1, 0.15) is 41.8 Å². The summed E-state index contributed by atoms with van der Waals surface area (Å²) in [5.41, 5.74) is 7.60. The van der Waals surface area contributed by atoms with E-state index in [9.17, 15) is 4.79 Å². The molecule has 1 amide bonds. The maximum atomic E-state index is 12.3. The van der Waals surface area contributed by atoms with Crippen LogP contribution in [0.25, 0.3) is 0 Å². The molecule has 2 aromatic heterocycles. The number of rotatable bonds is 3. The Bertz CT molecular complexity index is 639. The average Bonchev–Trinajstić information content (AvgIpc) is 2.41. The summed E-state index contributed by atoms with van der Waals surface area (Å²) in [4.78, 5) is 24.7. The zero-order valence-corrected chi connectivity index (χ0v) is 11.7. The van der Waals surface area contributed by atoms with Crippen LogP contribution in [-0.2, 0) is 0 Å². The minimum atomic E-state index is -0.358. The van der Waals surface area contributed by atoms with Gasteiger partial charge in [0, 0.05) is 12.1 Å². The third kappa shape index (κ3) is 2.90. The van der Waals surface area contributed by atoms with Crippen LogP contribution in [0, 0.1) is 6.92 Å². The van der Waals surface area contributed by atoms with Crippen molar-refractivity contribution in [2.75, 3.05) is 11.1 Å². The van der Waals surface area contributed by atoms with E-state index in [0.717, 1.165) is 5.69 Å². The summed E-state index contributed by atoms with van der Waals surface area (Å²) >= 11 is 0. The predicted octanol–water partition coefficient (Wildman–Crippen LogP) is 2.14. The van der Waals surface area contributed by atoms with Crippen molar-refractivity contribution in [3.63, 3.8) is 0 Å². The summed E-state index contributed by atoms with van der Waals surface area (Å²) in [5.74, 6) is 0.359. The van der Waals surface area contributed by atoms with Crippen LogP contribution in [-0.4, -0.2) is 20.9 Å². The van der Waals surface area contributed by atoms with Gasteiger partial charge in [0.25, 0.3) is 5.91 Å². The second kappa shape index (κ2) is 5.64. The number of nitrogens with two attached hydrogens (primary N) is 1. The maximum Gasteiger partial charge on any atom is 0.276 e. The molecule has 2 aromatic rings. The first kappa shape index (κ1) is 13.9. The van der Waals surface area contributed by atoms with Crippen molar-refractivity contribution >= 4 is 17.3 Å². The molecular weight excluding hydrogens is 254 g/mol. The first-order chi connectivity index (χ1) is 9.49. The van der Waals surface area contributed by atoms with E-state index in [-0.39, 0.29) is 23.2 Å². The van der Waals surface area contributed by atoms with E-state index >= 15 is 0 Å². The first-order valence-corrected chi connectivity index (χ1v) is 6.34. The number of nitrogen functional groups attached to an aromatic ring is 1. The normalized spacial score (nSPS) is 10.6. The third-order valence-electron chi connectivity index (χ3n) is 2.82. The van der Waals surface area contributed by atoms with Crippen LogP contribution in [0.15, 0.2) is 24.5 Å². The number of aryl methyl sites for hydroxylation is 1. The van der Waals surface area contributed by atoms with Crippen molar-refractivity contribution in [2.24, 2.45) is 0 Å². The first-order valence-electron chi connectivity index (χ1n) is 6.34. The fourth-order valence-electron chi connectivity index (χ4n) is 1.66. The number of nitrogens with zero attached hydrogens (tertiary/aromatic N) is 3. The monoisotopic (exact) mass is 271 g/mol. The van der Waals surface area contributed by atoms with Crippen LogP contribution in [0.2, 0.25) is 0 Å². The Morgan fingerprint density at radius 2 is 2.10 bits per heavy atom.